The minimum atomic E-state index is -0.131. The SMILES string of the molecule is O=C(CCc1ccc(Cl)cc1)N1CCCN(C(=O)c2cnccn2)CC1. The van der Waals surface area contributed by atoms with Gasteiger partial charge in [0.2, 0.25) is 5.91 Å². The normalized spacial score (nSPS) is 14.8. The Kier molecular flexibility index (Phi) is 6.17. The summed E-state index contributed by atoms with van der Waals surface area (Å²) in [5, 5.41) is 0.695. The first kappa shape index (κ1) is 18.3. The van der Waals surface area contributed by atoms with Crippen LogP contribution in [0.1, 0.15) is 28.9 Å². The zero-order valence-electron chi connectivity index (χ0n) is 14.5. The lowest BCUT2D eigenvalue weighted by molar-refractivity contribution is -0.131. The van der Waals surface area contributed by atoms with Crippen LogP contribution < -0.4 is 0 Å². The molecule has 2 heterocycles. The average molecular weight is 373 g/mol. The van der Waals surface area contributed by atoms with Crippen molar-refractivity contribution in [1.29, 1.82) is 0 Å². The number of carbonyl (C=O) groups is 2. The van der Waals surface area contributed by atoms with Crippen molar-refractivity contribution in [3.8, 4) is 0 Å². The van der Waals surface area contributed by atoms with Gasteiger partial charge in [-0.05, 0) is 30.5 Å². The standard InChI is InChI=1S/C19H21ClN4O2/c20-16-5-2-15(3-6-16)4-7-18(25)23-10-1-11-24(13-12-23)19(26)17-14-21-8-9-22-17/h2-3,5-6,8-9,14H,1,4,7,10-13H2. The molecular weight excluding hydrogens is 352 g/mol. The van der Waals surface area contributed by atoms with Gasteiger partial charge in [-0.15, -0.1) is 0 Å². The van der Waals surface area contributed by atoms with Gasteiger partial charge in [-0.2, -0.15) is 0 Å². The fourth-order valence-electron chi connectivity index (χ4n) is 3.00. The van der Waals surface area contributed by atoms with Gasteiger partial charge in [0.05, 0.1) is 6.20 Å². The van der Waals surface area contributed by atoms with Crippen molar-refractivity contribution < 1.29 is 9.59 Å². The molecule has 1 aromatic heterocycles. The number of benzene rings is 1. The van der Waals surface area contributed by atoms with E-state index in [0.29, 0.717) is 49.7 Å². The van der Waals surface area contributed by atoms with Crippen molar-refractivity contribution in [1.82, 2.24) is 19.8 Å². The van der Waals surface area contributed by atoms with Gasteiger partial charge >= 0.3 is 0 Å². The highest BCUT2D eigenvalue weighted by molar-refractivity contribution is 6.30. The third-order valence-corrected chi connectivity index (χ3v) is 4.71. The van der Waals surface area contributed by atoms with Crippen LogP contribution in [0.15, 0.2) is 42.9 Å². The van der Waals surface area contributed by atoms with Crippen molar-refractivity contribution in [2.24, 2.45) is 0 Å². The van der Waals surface area contributed by atoms with Crippen molar-refractivity contribution in [3.05, 3.63) is 59.1 Å². The van der Waals surface area contributed by atoms with Crippen molar-refractivity contribution in [3.63, 3.8) is 0 Å². The fraction of sp³-hybridized carbons (Fsp3) is 0.368. The maximum Gasteiger partial charge on any atom is 0.274 e. The summed E-state index contributed by atoms with van der Waals surface area (Å²) in [7, 11) is 0. The Hall–Kier alpha value is -2.47. The number of carbonyl (C=O) groups excluding carboxylic acids is 2. The number of hydrogen-bond donors (Lipinski definition) is 0. The molecule has 0 atom stereocenters. The average Bonchev–Trinajstić information content (AvgIpc) is 2.94. The van der Waals surface area contributed by atoms with Crippen molar-refractivity contribution in [2.45, 2.75) is 19.3 Å². The number of amides is 2. The topological polar surface area (TPSA) is 66.4 Å². The molecule has 0 saturated carbocycles. The molecule has 2 aromatic rings. The molecule has 136 valence electrons. The quantitative estimate of drug-likeness (QED) is 0.826. The molecule has 1 saturated heterocycles. The highest BCUT2D eigenvalue weighted by atomic mass is 35.5. The molecular formula is C19H21ClN4O2. The Labute approximate surface area is 157 Å². The molecule has 0 unspecified atom stereocenters. The lowest BCUT2D eigenvalue weighted by Gasteiger charge is -2.22. The summed E-state index contributed by atoms with van der Waals surface area (Å²) in [6.45, 7) is 2.35. The van der Waals surface area contributed by atoms with E-state index in [9.17, 15) is 9.59 Å². The van der Waals surface area contributed by atoms with Crippen LogP contribution in [0.5, 0.6) is 0 Å². The van der Waals surface area contributed by atoms with Gasteiger partial charge in [0, 0.05) is 50.0 Å². The van der Waals surface area contributed by atoms with E-state index in [2.05, 4.69) is 9.97 Å². The summed E-state index contributed by atoms with van der Waals surface area (Å²) in [6, 6.07) is 7.56. The monoisotopic (exact) mass is 372 g/mol. The molecule has 0 aliphatic carbocycles. The molecule has 0 radical (unpaired) electrons. The second-order valence-electron chi connectivity index (χ2n) is 6.24. The smallest absolute Gasteiger partial charge is 0.274 e. The van der Waals surface area contributed by atoms with E-state index in [1.807, 2.05) is 29.2 Å². The molecule has 0 bridgehead atoms. The molecule has 3 rings (SSSR count). The lowest BCUT2D eigenvalue weighted by Crippen LogP contribution is -2.37. The minimum Gasteiger partial charge on any atom is -0.341 e. The van der Waals surface area contributed by atoms with Gasteiger partial charge in [-0.25, -0.2) is 4.98 Å². The first-order valence-corrected chi connectivity index (χ1v) is 9.09. The van der Waals surface area contributed by atoms with Crippen molar-refractivity contribution >= 4 is 23.4 Å². The molecule has 26 heavy (non-hydrogen) atoms. The van der Waals surface area contributed by atoms with Gasteiger partial charge in [-0.3, -0.25) is 14.6 Å². The van der Waals surface area contributed by atoms with Gasteiger partial charge < -0.3 is 9.80 Å². The Morgan fingerprint density at radius 3 is 2.46 bits per heavy atom. The van der Waals surface area contributed by atoms with Gasteiger partial charge in [0.15, 0.2) is 0 Å². The summed E-state index contributed by atoms with van der Waals surface area (Å²) in [6.07, 6.45) is 6.44. The van der Waals surface area contributed by atoms with Crippen LogP contribution in [-0.2, 0) is 11.2 Å². The van der Waals surface area contributed by atoms with E-state index in [4.69, 9.17) is 11.6 Å². The van der Waals surface area contributed by atoms with E-state index < -0.39 is 0 Å². The molecule has 2 amide bonds. The highest BCUT2D eigenvalue weighted by Crippen LogP contribution is 2.13. The molecule has 1 aliphatic rings. The molecule has 0 N–H and O–H groups in total. The Bertz CT molecular complexity index is 752. The largest absolute Gasteiger partial charge is 0.341 e. The Morgan fingerprint density at radius 1 is 1.00 bits per heavy atom. The van der Waals surface area contributed by atoms with Crippen LogP contribution in [0.25, 0.3) is 0 Å². The van der Waals surface area contributed by atoms with Gasteiger partial charge in [-0.1, -0.05) is 23.7 Å². The summed E-state index contributed by atoms with van der Waals surface area (Å²) < 4.78 is 0. The molecule has 1 aromatic carbocycles. The highest BCUT2D eigenvalue weighted by Gasteiger charge is 2.23. The summed E-state index contributed by atoms with van der Waals surface area (Å²) in [5.41, 5.74) is 1.44. The molecule has 7 heteroatoms. The number of halogens is 1. The van der Waals surface area contributed by atoms with Gasteiger partial charge in [0.25, 0.3) is 5.91 Å². The van der Waals surface area contributed by atoms with E-state index in [-0.39, 0.29) is 11.8 Å². The van der Waals surface area contributed by atoms with Crippen LogP contribution in [0.3, 0.4) is 0 Å². The fourth-order valence-corrected chi connectivity index (χ4v) is 3.13. The molecule has 1 fully saturated rings. The van der Waals surface area contributed by atoms with E-state index >= 15 is 0 Å². The number of hydrogen-bond acceptors (Lipinski definition) is 4. The van der Waals surface area contributed by atoms with Gasteiger partial charge in [0.1, 0.15) is 5.69 Å². The van der Waals surface area contributed by atoms with E-state index in [1.54, 1.807) is 11.1 Å². The van der Waals surface area contributed by atoms with Crippen LogP contribution in [0, 0.1) is 0 Å². The third kappa shape index (κ3) is 4.79. The predicted octanol–water partition coefficient (Wildman–Crippen LogP) is 2.44. The molecule has 6 nitrogen and oxygen atoms in total. The lowest BCUT2D eigenvalue weighted by atomic mass is 10.1. The number of nitrogens with zero attached hydrogens (tertiary/aromatic N) is 4. The maximum absolute atomic E-state index is 12.5. The van der Waals surface area contributed by atoms with Crippen LogP contribution in [0.2, 0.25) is 5.02 Å². The number of aryl methyl sites for hydroxylation is 1. The molecule has 1 aliphatic heterocycles. The zero-order valence-corrected chi connectivity index (χ0v) is 15.2. The summed E-state index contributed by atoms with van der Waals surface area (Å²) in [5.74, 6) is -0.0117. The maximum atomic E-state index is 12.5. The van der Waals surface area contributed by atoms with Crippen LogP contribution in [-0.4, -0.2) is 57.8 Å². The first-order chi connectivity index (χ1) is 12.6. The zero-order chi connectivity index (χ0) is 18.4. The van der Waals surface area contributed by atoms with Crippen molar-refractivity contribution in [2.75, 3.05) is 26.2 Å². The first-order valence-electron chi connectivity index (χ1n) is 8.71. The van der Waals surface area contributed by atoms with E-state index in [1.165, 1.54) is 12.4 Å². The number of rotatable bonds is 4. The van der Waals surface area contributed by atoms with Crippen LogP contribution in [0.4, 0.5) is 0 Å². The Morgan fingerprint density at radius 2 is 1.73 bits per heavy atom. The van der Waals surface area contributed by atoms with E-state index in [0.717, 1.165) is 12.0 Å². The third-order valence-electron chi connectivity index (χ3n) is 4.46. The predicted molar refractivity (Wildman–Crippen MR) is 98.9 cm³/mol. The second kappa shape index (κ2) is 8.76. The minimum absolute atomic E-state index is 0.119. The summed E-state index contributed by atoms with van der Waals surface area (Å²) in [4.78, 5) is 36.6. The number of aromatic nitrogens is 2. The van der Waals surface area contributed by atoms with Crippen LogP contribution >= 0.6 is 11.6 Å². The summed E-state index contributed by atoms with van der Waals surface area (Å²) >= 11 is 5.88. The Balaban J connectivity index is 1.52. The molecule has 0 spiro atoms. The second-order valence-corrected chi connectivity index (χ2v) is 6.68.